The van der Waals surface area contributed by atoms with E-state index in [-0.39, 0.29) is 17.9 Å². The van der Waals surface area contributed by atoms with Gasteiger partial charge >= 0.3 is 0 Å². The molecular weight excluding hydrogens is 282 g/mol. The summed E-state index contributed by atoms with van der Waals surface area (Å²) >= 11 is 0. The molecule has 0 radical (unpaired) electrons. The first kappa shape index (κ1) is 13.5. The fourth-order valence-corrected chi connectivity index (χ4v) is 3.69. The number of nitrogens with zero attached hydrogens (tertiary/aromatic N) is 3. The Hall–Kier alpha value is -2.18. The number of hydrogen-bond acceptors (Lipinski definition) is 4. The minimum Gasteiger partial charge on any atom is -0.350 e. The molecule has 2 fully saturated rings. The van der Waals surface area contributed by atoms with Crippen molar-refractivity contribution in [1.29, 1.82) is 0 Å². The maximum Gasteiger partial charge on any atom is 0.261 e. The summed E-state index contributed by atoms with van der Waals surface area (Å²) in [6, 6.07) is 7.79. The van der Waals surface area contributed by atoms with Crippen LogP contribution in [-0.4, -0.2) is 46.5 Å². The summed E-state index contributed by atoms with van der Waals surface area (Å²) in [4.78, 5) is 31.5. The molecule has 6 heteroatoms. The van der Waals surface area contributed by atoms with Crippen LogP contribution in [0.2, 0.25) is 0 Å². The van der Waals surface area contributed by atoms with E-state index >= 15 is 0 Å². The number of hydroxylamine groups is 2. The van der Waals surface area contributed by atoms with Crippen LogP contribution >= 0.6 is 0 Å². The number of fused-ring (bicyclic) bond motifs is 2. The van der Waals surface area contributed by atoms with Crippen LogP contribution in [0.25, 0.3) is 10.9 Å². The lowest BCUT2D eigenvalue weighted by atomic mass is 9.91. The Morgan fingerprint density at radius 1 is 1.05 bits per heavy atom. The van der Waals surface area contributed by atoms with Crippen molar-refractivity contribution < 1.29 is 14.4 Å². The quantitative estimate of drug-likeness (QED) is 0.740. The van der Waals surface area contributed by atoms with E-state index in [1.165, 1.54) is 11.9 Å². The van der Waals surface area contributed by atoms with E-state index < -0.39 is 12.0 Å². The topological polar surface area (TPSA) is 54.8 Å². The Balaban J connectivity index is 1.87. The van der Waals surface area contributed by atoms with E-state index in [1.807, 2.05) is 42.1 Å². The lowest BCUT2D eigenvalue weighted by Crippen LogP contribution is -2.33. The number of likely N-dealkylation sites (N-methyl/N-ethyl adjacent to an activating group) is 1. The molecule has 0 N–H and O–H groups in total. The number of amides is 2. The highest BCUT2D eigenvalue weighted by Crippen LogP contribution is 2.45. The predicted octanol–water partition coefficient (Wildman–Crippen LogP) is 1.08. The third-order valence-corrected chi connectivity index (χ3v) is 4.77. The van der Waals surface area contributed by atoms with E-state index in [2.05, 4.69) is 0 Å². The van der Waals surface area contributed by atoms with Gasteiger partial charge in [-0.1, -0.05) is 18.2 Å². The van der Waals surface area contributed by atoms with Crippen molar-refractivity contribution in [3.63, 3.8) is 0 Å². The van der Waals surface area contributed by atoms with Crippen molar-refractivity contribution in [2.24, 2.45) is 13.0 Å². The second-order valence-corrected chi connectivity index (χ2v) is 5.99. The molecule has 4 rings (SSSR count). The van der Waals surface area contributed by atoms with Crippen molar-refractivity contribution in [2.45, 2.75) is 12.1 Å². The fourth-order valence-electron chi connectivity index (χ4n) is 3.69. The predicted molar refractivity (Wildman–Crippen MR) is 79.6 cm³/mol. The number of aromatic nitrogens is 1. The summed E-state index contributed by atoms with van der Waals surface area (Å²) in [7, 11) is 5.28. The SMILES string of the molecule is CN1C(=O)[C@H]2[C@H](ON(C)[C@H]2c2cn(C)c3ccccc23)C1=O. The van der Waals surface area contributed by atoms with Gasteiger partial charge in [0.15, 0.2) is 6.10 Å². The van der Waals surface area contributed by atoms with Gasteiger partial charge in [0, 0.05) is 38.2 Å². The third kappa shape index (κ3) is 1.56. The van der Waals surface area contributed by atoms with Crippen molar-refractivity contribution in [3.8, 4) is 0 Å². The van der Waals surface area contributed by atoms with Crippen molar-refractivity contribution >= 4 is 22.7 Å². The Morgan fingerprint density at radius 3 is 2.55 bits per heavy atom. The summed E-state index contributed by atoms with van der Waals surface area (Å²) in [5.41, 5.74) is 2.11. The standard InChI is InChI=1S/C16H17N3O3/c1-17-8-10(9-6-4-5-7-11(9)17)13-12-14(22-19(13)3)16(21)18(2)15(12)20/h4-8,12-14H,1-3H3/t12-,13+,14+/m1/s1. The number of likely N-dealkylation sites (tertiary alicyclic amines) is 1. The highest BCUT2D eigenvalue weighted by Gasteiger charge is 2.58. The summed E-state index contributed by atoms with van der Waals surface area (Å²) in [6.45, 7) is 0. The second kappa shape index (κ2) is 4.41. The van der Waals surface area contributed by atoms with Gasteiger partial charge in [0.1, 0.15) is 0 Å². The molecule has 1 aromatic carbocycles. The van der Waals surface area contributed by atoms with Gasteiger partial charge in [-0.25, -0.2) is 0 Å². The molecule has 2 aliphatic rings. The van der Waals surface area contributed by atoms with E-state index in [4.69, 9.17) is 4.84 Å². The zero-order chi connectivity index (χ0) is 15.6. The van der Waals surface area contributed by atoms with Gasteiger partial charge in [0.2, 0.25) is 5.91 Å². The number of carbonyl (C=O) groups excluding carboxylic acids is 2. The lowest BCUT2D eigenvalue weighted by Gasteiger charge is -2.22. The lowest BCUT2D eigenvalue weighted by molar-refractivity contribution is -0.168. The van der Waals surface area contributed by atoms with Gasteiger partial charge in [0.05, 0.1) is 12.0 Å². The Morgan fingerprint density at radius 2 is 1.77 bits per heavy atom. The molecule has 2 saturated heterocycles. The number of carbonyl (C=O) groups is 2. The van der Waals surface area contributed by atoms with E-state index in [9.17, 15) is 9.59 Å². The molecule has 1 aromatic heterocycles. The highest BCUT2D eigenvalue weighted by molar-refractivity contribution is 6.07. The molecular formula is C16H17N3O3. The van der Waals surface area contributed by atoms with Gasteiger partial charge in [-0.15, -0.1) is 0 Å². The average Bonchev–Trinajstić information content (AvgIpc) is 3.08. The Bertz CT molecular complexity index is 797. The first-order valence-electron chi connectivity index (χ1n) is 7.25. The molecule has 0 bridgehead atoms. The van der Waals surface area contributed by atoms with Crippen LogP contribution in [0.5, 0.6) is 0 Å². The number of para-hydroxylation sites is 1. The van der Waals surface area contributed by atoms with Crippen LogP contribution in [0, 0.1) is 5.92 Å². The number of imide groups is 1. The minimum absolute atomic E-state index is 0.169. The molecule has 0 spiro atoms. The van der Waals surface area contributed by atoms with Crippen LogP contribution in [-0.2, 0) is 21.5 Å². The smallest absolute Gasteiger partial charge is 0.261 e. The van der Waals surface area contributed by atoms with Gasteiger partial charge in [-0.05, 0) is 11.6 Å². The fraction of sp³-hybridized carbons (Fsp3) is 0.375. The molecule has 0 saturated carbocycles. The van der Waals surface area contributed by atoms with Crippen molar-refractivity contribution in [1.82, 2.24) is 14.5 Å². The molecule has 2 aromatic rings. The molecule has 0 aliphatic carbocycles. The number of aryl methyl sites for hydroxylation is 1. The van der Waals surface area contributed by atoms with Gasteiger partial charge in [-0.3, -0.25) is 19.3 Å². The Labute approximate surface area is 127 Å². The third-order valence-electron chi connectivity index (χ3n) is 4.77. The summed E-state index contributed by atoms with van der Waals surface area (Å²) < 4.78 is 2.04. The summed E-state index contributed by atoms with van der Waals surface area (Å²) in [5, 5.41) is 2.74. The van der Waals surface area contributed by atoms with Crippen molar-refractivity contribution in [3.05, 3.63) is 36.0 Å². The second-order valence-electron chi connectivity index (χ2n) is 5.99. The van der Waals surface area contributed by atoms with Gasteiger partial charge in [0.25, 0.3) is 5.91 Å². The van der Waals surface area contributed by atoms with E-state index in [0.29, 0.717) is 0 Å². The number of hydrogen-bond donors (Lipinski definition) is 0. The van der Waals surface area contributed by atoms with Gasteiger partial charge < -0.3 is 4.57 Å². The van der Waals surface area contributed by atoms with Gasteiger partial charge in [-0.2, -0.15) is 5.06 Å². The average molecular weight is 299 g/mol. The molecule has 0 unspecified atom stereocenters. The first-order valence-corrected chi connectivity index (χ1v) is 7.25. The number of benzene rings is 1. The highest BCUT2D eigenvalue weighted by atomic mass is 16.7. The largest absolute Gasteiger partial charge is 0.350 e. The maximum atomic E-state index is 12.5. The molecule has 22 heavy (non-hydrogen) atoms. The van der Waals surface area contributed by atoms with E-state index in [0.717, 1.165) is 16.5 Å². The van der Waals surface area contributed by atoms with Crippen LogP contribution in [0.4, 0.5) is 0 Å². The van der Waals surface area contributed by atoms with Crippen LogP contribution in [0.3, 0.4) is 0 Å². The zero-order valence-electron chi connectivity index (χ0n) is 12.7. The van der Waals surface area contributed by atoms with E-state index in [1.54, 1.807) is 12.1 Å². The summed E-state index contributed by atoms with van der Waals surface area (Å²) in [6.07, 6.45) is 1.32. The molecule has 2 amide bonds. The Kier molecular flexibility index (Phi) is 2.70. The molecule has 3 heterocycles. The molecule has 114 valence electrons. The molecule has 3 atom stereocenters. The maximum absolute atomic E-state index is 12.5. The first-order chi connectivity index (χ1) is 10.5. The monoisotopic (exact) mass is 299 g/mol. The summed E-state index contributed by atoms with van der Waals surface area (Å²) in [5.74, 6) is -0.907. The van der Waals surface area contributed by atoms with Crippen LogP contribution < -0.4 is 0 Å². The van der Waals surface area contributed by atoms with Crippen molar-refractivity contribution in [2.75, 3.05) is 14.1 Å². The zero-order valence-corrected chi connectivity index (χ0v) is 12.7. The number of rotatable bonds is 1. The molecule has 6 nitrogen and oxygen atoms in total. The van der Waals surface area contributed by atoms with Crippen LogP contribution in [0.1, 0.15) is 11.6 Å². The van der Waals surface area contributed by atoms with Crippen LogP contribution in [0.15, 0.2) is 30.5 Å². The minimum atomic E-state index is -0.702. The normalized spacial score (nSPS) is 28.9. The molecule has 2 aliphatic heterocycles.